The Morgan fingerprint density at radius 3 is 2.33 bits per heavy atom. The van der Waals surface area contributed by atoms with Crippen molar-refractivity contribution in [2.75, 3.05) is 0 Å². The summed E-state index contributed by atoms with van der Waals surface area (Å²) in [6.07, 6.45) is 8.50. The Balaban J connectivity index is 1.84. The first-order valence-electron chi connectivity index (χ1n) is 8.75. The van der Waals surface area contributed by atoms with E-state index < -0.39 is 0 Å². The lowest BCUT2D eigenvalue weighted by Crippen LogP contribution is -2.13. The molecular weight excluding hydrogens is 308 g/mol. The lowest BCUT2D eigenvalue weighted by Gasteiger charge is -2.33. The van der Waals surface area contributed by atoms with Crippen LogP contribution in [0.4, 0.5) is 0 Å². The molecule has 2 aromatic rings. The monoisotopic (exact) mass is 330 g/mol. The zero-order valence-electron chi connectivity index (χ0n) is 14.0. The van der Waals surface area contributed by atoms with E-state index in [2.05, 4.69) is 79.7 Å². The molecule has 24 heavy (non-hydrogen) atoms. The summed E-state index contributed by atoms with van der Waals surface area (Å²) in [5, 5.41) is 0. The van der Waals surface area contributed by atoms with Crippen molar-refractivity contribution in [3.63, 3.8) is 0 Å². The second kappa shape index (κ2) is 6.86. The van der Waals surface area contributed by atoms with Crippen LogP contribution in [0.3, 0.4) is 0 Å². The Kier molecular flexibility index (Phi) is 4.44. The summed E-state index contributed by atoms with van der Waals surface area (Å²) in [6, 6.07) is 21.8. The van der Waals surface area contributed by atoms with Gasteiger partial charge in [-0.3, -0.25) is 0 Å². The summed E-state index contributed by atoms with van der Waals surface area (Å²) < 4.78 is 0. The maximum atomic E-state index is 2.48. The minimum absolute atomic E-state index is 0.379. The van der Waals surface area contributed by atoms with Gasteiger partial charge in [0, 0.05) is 10.8 Å². The first kappa shape index (κ1) is 15.5. The molecule has 0 aromatic heterocycles. The zero-order valence-corrected chi connectivity index (χ0v) is 14.9. The summed E-state index contributed by atoms with van der Waals surface area (Å²) in [6.45, 7) is 2.19. The standard InChI is InChI=1S/C23H22S/c1-2-17-14-9-15-21-23(17)20(18-10-5-3-6-11-18)16-22(24-21)19-12-7-4-8-13-19/h2-8,10-13,16,20H,9,14-15H2,1H3. The van der Waals surface area contributed by atoms with E-state index in [4.69, 9.17) is 0 Å². The molecule has 120 valence electrons. The van der Waals surface area contributed by atoms with Crippen molar-refractivity contribution >= 4 is 16.7 Å². The fourth-order valence-corrected chi connectivity index (χ4v) is 5.09. The predicted molar refractivity (Wildman–Crippen MR) is 106 cm³/mol. The lowest BCUT2D eigenvalue weighted by atomic mass is 9.80. The second-order valence-corrected chi connectivity index (χ2v) is 7.53. The maximum Gasteiger partial charge on any atom is 0.0294 e. The molecule has 2 aromatic carbocycles. The van der Waals surface area contributed by atoms with Gasteiger partial charge in [-0.1, -0.05) is 84.6 Å². The van der Waals surface area contributed by atoms with Crippen molar-refractivity contribution in [3.8, 4) is 0 Å². The topological polar surface area (TPSA) is 0 Å². The zero-order chi connectivity index (χ0) is 16.4. The van der Waals surface area contributed by atoms with Crippen LogP contribution in [-0.4, -0.2) is 0 Å². The second-order valence-electron chi connectivity index (χ2n) is 6.39. The third-order valence-corrected chi connectivity index (χ3v) is 6.19. The molecule has 0 bridgehead atoms. The van der Waals surface area contributed by atoms with Crippen LogP contribution >= 0.6 is 11.8 Å². The Morgan fingerprint density at radius 1 is 0.917 bits per heavy atom. The third kappa shape index (κ3) is 2.89. The molecule has 1 aliphatic heterocycles. The van der Waals surface area contributed by atoms with Crippen molar-refractivity contribution in [2.45, 2.75) is 32.1 Å². The molecular formula is C23H22S. The molecule has 1 aliphatic carbocycles. The molecule has 0 amide bonds. The first-order chi connectivity index (χ1) is 11.9. The van der Waals surface area contributed by atoms with E-state index in [-0.39, 0.29) is 0 Å². The Labute approximate surface area is 149 Å². The Morgan fingerprint density at radius 2 is 1.62 bits per heavy atom. The highest BCUT2D eigenvalue weighted by molar-refractivity contribution is 8.11. The van der Waals surface area contributed by atoms with Gasteiger partial charge < -0.3 is 0 Å². The summed E-state index contributed by atoms with van der Waals surface area (Å²) in [4.78, 5) is 2.98. The number of hydrogen-bond acceptors (Lipinski definition) is 1. The van der Waals surface area contributed by atoms with Gasteiger partial charge in [-0.25, -0.2) is 0 Å². The number of allylic oxidation sites excluding steroid dienone is 5. The van der Waals surface area contributed by atoms with E-state index in [1.807, 2.05) is 11.8 Å². The van der Waals surface area contributed by atoms with Crippen LogP contribution in [0.2, 0.25) is 0 Å². The minimum atomic E-state index is 0.379. The van der Waals surface area contributed by atoms with Crippen LogP contribution < -0.4 is 0 Å². The SMILES string of the molecule is CC=C1CCCC2=C1C(c1ccccc1)C=C(c1ccccc1)S2. The van der Waals surface area contributed by atoms with E-state index in [9.17, 15) is 0 Å². The molecule has 1 unspecified atom stereocenters. The van der Waals surface area contributed by atoms with Crippen LogP contribution in [0.25, 0.3) is 4.91 Å². The number of rotatable bonds is 2. The van der Waals surface area contributed by atoms with Crippen LogP contribution in [-0.2, 0) is 0 Å². The highest BCUT2D eigenvalue weighted by atomic mass is 32.2. The fraction of sp³-hybridized carbons (Fsp3) is 0.217. The van der Waals surface area contributed by atoms with Crippen LogP contribution in [0.15, 0.2) is 88.9 Å². The fourth-order valence-electron chi connectivity index (χ4n) is 3.75. The highest BCUT2D eigenvalue weighted by Crippen LogP contribution is 2.52. The van der Waals surface area contributed by atoms with E-state index >= 15 is 0 Å². The number of hydrogen-bond donors (Lipinski definition) is 0. The van der Waals surface area contributed by atoms with Crippen LogP contribution in [0, 0.1) is 0 Å². The molecule has 4 rings (SSSR count). The average Bonchev–Trinajstić information content (AvgIpc) is 2.68. The van der Waals surface area contributed by atoms with Gasteiger partial charge in [0.15, 0.2) is 0 Å². The molecule has 0 saturated carbocycles. The first-order valence-corrected chi connectivity index (χ1v) is 9.57. The van der Waals surface area contributed by atoms with Gasteiger partial charge in [-0.2, -0.15) is 0 Å². The molecule has 0 saturated heterocycles. The summed E-state index contributed by atoms with van der Waals surface area (Å²) in [5.74, 6) is 0.379. The van der Waals surface area contributed by atoms with Crippen molar-refractivity contribution in [2.24, 2.45) is 0 Å². The molecule has 0 spiro atoms. The highest BCUT2D eigenvalue weighted by Gasteiger charge is 2.29. The van der Waals surface area contributed by atoms with Crippen LogP contribution in [0.1, 0.15) is 43.2 Å². The van der Waals surface area contributed by atoms with Crippen molar-refractivity contribution in [3.05, 3.63) is 100.0 Å². The molecule has 0 fully saturated rings. The minimum Gasteiger partial charge on any atom is -0.0939 e. The van der Waals surface area contributed by atoms with E-state index in [0.717, 1.165) is 0 Å². The molecule has 0 nitrogen and oxygen atoms in total. The molecule has 2 aliphatic rings. The van der Waals surface area contributed by atoms with Crippen molar-refractivity contribution < 1.29 is 0 Å². The van der Waals surface area contributed by atoms with Gasteiger partial charge in [-0.05, 0) is 53.4 Å². The molecule has 1 heteroatoms. The van der Waals surface area contributed by atoms with Gasteiger partial charge in [0.25, 0.3) is 0 Å². The molecule has 1 heterocycles. The van der Waals surface area contributed by atoms with Crippen molar-refractivity contribution in [1.82, 2.24) is 0 Å². The largest absolute Gasteiger partial charge is 0.0939 e. The normalized spacial score (nSPS) is 22.3. The number of benzene rings is 2. The van der Waals surface area contributed by atoms with Gasteiger partial charge in [0.05, 0.1) is 0 Å². The quantitative estimate of drug-likeness (QED) is 0.574. The van der Waals surface area contributed by atoms with Crippen molar-refractivity contribution in [1.29, 1.82) is 0 Å². The maximum absolute atomic E-state index is 2.48. The predicted octanol–water partition coefficient (Wildman–Crippen LogP) is 6.94. The Hall–Kier alpha value is -1.99. The van der Waals surface area contributed by atoms with E-state index in [1.54, 1.807) is 16.1 Å². The van der Waals surface area contributed by atoms with Gasteiger partial charge in [0.2, 0.25) is 0 Å². The van der Waals surface area contributed by atoms with Gasteiger partial charge >= 0.3 is 0 Å². The third-order valence-electron chi connectivity index (χ3n) is 4.92. The molecule has 1 atom stereocenters. The van der Waals surface area contributed by atoms with E-state index in [1.165, 1.54) is 35.3 Å². The summed E-state index contributed by atoms with van der Waals surface area (Å²) in [5.41, 5.74) is 5.85. The van der Waals surface area contributed by atoms with Crippen LogP contribution in [0.5, 0.6) is 0 Å². The average molecular weight is 330 g/mol. The Bertz CT molecular complexity index is 810. The van der Waals surface area contributed by atoms with E-state index in [0.29, 0.717) is 5.92 Å². The van der Waals surface area contributed by atoms with Gasteiger partial charge in [0.1, 0.15) is 0 Å². The summed E-state index contributed by atoms with van der Waals surface area (Å²) in [7, 11) is 0. The number of thioether (sulfide) groups is 1. The van der Waals surface area contributed by atoms with Gasteiger partial charge in [-0.15, -0.1) is 0 Å². The molecule has 0 N–H and O–H groups in total. The summed E-state index contributed by atoms with van der Waals surface area (Å²) >= 11 is 1.99. The smallest absolute Gasteiger partial charge is 0.0294 e. The lowest BCUT2D eigenvalue weighted by molar-refractivity contribution is 0.762. The molecule has 0 radical (unpaired) electrons.